The van der Waals surface area contributed by atoms with Crippen molar-refractivity contribution in [3.63, 3.8) is 0 Å². The number of hydrogen-bond acceptors (Lipinski definition) is 5. The lowest BCUT2D eigenvalue weighted by atomic mass is 9.68. The molecule has 3 heterocycles. The van der Waals surface area contributed by atoms with Crippen LogP contribution < -0.4 is 0 Å². The molecule has 2 saturated heterocycles. The summed E-state index contributed by atoms with van der Waals surface area (Å²) in [5, 5.41) is 9.98. The molecule has 3 aliphatic heterocycles. The van der Waals surface area contributed by atoms with E-state index in [1.807, 2.05) is 6.82 Å². The number of nitrogens with zero attached hydrogens (tertiary/aromatic N) is 1. The second kappa shape index (κ2) is 5.10. The zero-order valence-corrected chi connectivity index (χ0v) is 13.6. The third-order valence-corrected chi connectivity index (χ3v) is 5.27. The molecule has 0 radical (unpaired) electrons. The maximum atomic E-state index is 9.98. The minimum absolute atomic E-state index is 0.103. The first-order valence-corrected chi connectivity index (χ1v) is 7.81. The van der Waals surface area contributed by atoms with Crippen molar-refractivity contribution >= 4 is 14.2 Å². The lowest BCUT2D eigenvalue weighted by Crippen LogP contribution is -2.60. The number of morpholine rings is 1. The molecule has 0 saturated carbocycles. The van der Waals surface area contributed by atoms with Gasteiger partial charge in [0, 0.05) is 12.1 Å². The molecule has 7 heteroatoms. The molecule has 0 aliphatic carbocycles. The highest BCUT2D eigenvalue weighted by molar-refractivity contribution is 6.55. The van der Waals surface area contributed by atoms with Gasteiger partial charge in [-0.2, -0.15) is 0 Å². The Hall–Kier alpha value is -0.330. The summed E-state index contributed by atoms with van der Waals surface area (Å²) in [4.78, 5) is 2.12. The summed E-state index contributed by atoms with van der Waals surface area (Å²) in [6, 6.07) is 0.300. The summed E-state index contributed by atoms with van der Waals surface area (Å²) >= 11 is 0. The van der Waals surface area contributed by atoms with Gasteiger partial charge in [-0.1, -0.05) is 6.08 Å². The van der Waals surface area contributed by atoms with E-state index in [1.54, 1.807) is 0 Å². The molecule has 3 aliphatic rings. The Kier molecular flexibility index (Phi) is 3.78. The van der Waals surface area contributed by atoms with E-state index in [0.717, 1.165) is 6.42 Å². The fraction of sp³-hybridized carbons (Fsp3) is 0.857. The monoisotopic (exact) mass is 293 g/mol. The minimum Gasteiger partial charge on any atom is -0.437 e. The van der Waals surface area contributed by atoms with Gasteiger partial charge in [-0.25, -0.2) is 0 Å². The van der Waals surface area contributed by atoms with Gasteiger partial charge in [0.25, 0.3) is 0 Å². The SMILES string of the molecule is CB(O)N1C2C=C(B3OC(C)(C)C(C)(C)O3)CC1COC2. The van der Waals surface area contributed by atoms with Crippen LogP contribution in [0.1, 0.15) is 34.1 Å². The van der Waals surface area contributed by atoms with Gasteiger partial charge in [0.15, 0.2) is 0 Å². The van der Waals surface area contributed by atoms with Crippen LogP contribution >= 0.6 is 0 Å². The molecular formula is C14H25B2NO4. The molecule has 2 fully saturated rings. The first-order valence-electron chi connectivity index (χ1n) is 7.81. The molecule has 0 amide bonds. The summed E-state index contributed by atoms with van der Waals surface area (Å²) < 4.78 is 17.9. The number of ether oxygens (including phenoxy) is 1. The smallest absolute Gasteiger partial charge is 0.437 e. The Morgan fingerprint density at radius 2 is 1.86 bits per heavy atom. The first-order chi connectivity index (χ1) is 9.71. The topological polar surface area (TPSA) is 51.2 Å². The van der Waals surface area contributed by atoms with Gasteiger partial charge < -0.3 is 23.9 Å². The summed E-state index contributed by atoms with van der Waals surface area (Å²) in [6.07, 6.45) is 2.97. The largest absolute Gasteiger partial charge is 0.490 e. The molecule has 0 aromatic heterocycles. The standard InChI is InChI=1S/C14H25B2NO4/c1-13(2)14(3,4)21-16(20-13)10-6-11-8-19-9-12(7-10)17(11)15(5)18/h6,11-12,18H,7-9H2,1-5H3. The van der Waals surface area contributed by atoms with Gasteiger partial charge in [0.05, 0.1) is 24.4 Å². The van der Waals surface area contributed by atoms with Crippen molar-refractivity contribution in [1.82, 2.24) is 4.81 Å². The Balaban J connectivity index is 1.82. The second-order valence-corrected chi connectivity index (χ2v) is 7.37. The molecule has 116 valence electrons. The van der Waals surface area contributed by atoms with Crippen LogP contribution in [0, 0.1) is 0 Å². The molecular weight excluding hydrogens is 268 g/mol. The molecule has 2 unspecified atom stereocenters. The molecule has 0 spiro atoms. The van der Waals surface area contributed by atoms with Crippen LogP contribution in [-0.4, -0.2) is 60.5 Å². The number of fused-ring (bicyclic) bond motifs is 2. The maximum Gasteiger partial charge on any atom is 0.490 e. The van der Waals surface area contributed by atoms with E-state index in [2.05, 4.69) is 38.6 Å². The number of rotatable bonds is 2. The van der Waals surface area contributed by atoms with Gasteiger partial charge in [-0.15, -0.1) is 0 Å². The fourth-order valence-corrected chi connectivity index (χ4v) is 3.40. The Morgan fingerprint density at radius 3 is 2.38 bits per heavy atom. The molecule has 0 aromatic carbocycles. The first kappa shape index (κ1) is 15.6. The van der Waals surface area contributed by atoms with E-state index in [0.29, 0.717) is 13.2 Å². The van der Waals surface area contributed by atoms with Crippen LogP contribution in [0.3, 0.4) is 0 Å². The predicted molar refractivity (Wildman–Crippen MR) is 82.9 cm³/mol. The van der Waals surface area contributed by atoms with Crippen LogP contribution in [0.2, 0.25) is 6.82 Å². The Morgan fingerprint density at radius 1 is 1.24 bits per heavy atom. The third kappa shape index (κ3) is 2.59. The van der Waals surface area contributed by atoms with Crippen LogP contribution in [0.15, 0.2) is 11.5 Å². The molecule has 5 nitrogen and oxygen atoms in total. The van der Waals surface area contributed by atoms with E-state index in [-0.39, 0.29) is 30.4 Å². The van der Waals surface area contributed by atoms with Crippen molar-refractivity contribution in [2.75, 3.05) is 13.2 Å². The third-order valence-electron chi connectivity index (χ3n) is 5.27. The van der Waals surface area contributed by atoms with E-state index in [1.165, 1.54) is 5.47 Å². The zero-order chi connectivity index (χ0) is 15.4. The molecule has 2 bridgehead atoms. The average Bonchev–Trinajstić information content (AvgIpc) is 2.56. The van der Waals surface area contributed by atoms with Crippen molar-refractivity contribution in [2.24, 2.45) is 0 Å². The lowest BCUT2D eigenvalue weighted by molar-refractivity contribution is -0.00511. The lowest BCUT2D eigenvalue weighted by Gasteiger charge is -2.45. The van der Waals surface area contributed by atoms with E-state index in [9.17, 15) is 5.02 Å². The van der Waals surface area contributed by atoms with Crippen molar-refractivity contribution in [2.45, 2.75) is 64.2 Å². The molecule has 2 atom stereocenters. The van der Waals surface area contributed by atoms with Crippen molar-refractivity contribution in [1.29, 1.82) is 0 Å². The highest BCUT2D eigenvalue weighted by atomic mass is 16.7. The van der Waals surface area contributed by atoms with Gasteiger partial charge in [-0.3, -0.25) is 0 Å². The van der Waals surface area contributed by atoms with E-state index >= 15 is 0 Å². The van der Waals surface area contributed by atoms with Crippen molar-refractivity contribution in [3.05, 3.63) is 11.5 Å². The summed E-state index contributed by atoms with van der Waals surface area (Å²) in [5.74, 6) is 0. The zero-order valence-electron chi connectivity index (χ0n) is 13.6. The van der Waals surface area contributed by atoms with Gasteiger partial charge >= 0.3 is 14.2 Å². The van der Waals surface area contributed by atoms with Crippen LogP contribution in [0.5, 0.6) is 0 Å². The Labute approximate surface area is 127 Å². The van der Waals surface area contributed by atoms with Crippen molar-refractivity contribution < 1.29 is 19.1 Å². The maximum absolute atomic E-state index is 9.98. The summed E-state index contributed by atoms with van der Waals surface area (Å²) in [5.41, 5.74) is 0.556. The fourth-order valence-electron chi connectivity index (χ4n) is 3.40. The summed E-state index contributed by atoms with van der Waals surface area (Å²) in [7, 11) is -0.741. The van der Waals surface area contributed by atoms with E-state index < -0.39 is 7.05 Å². The minimum atomic E-state index is -0.458. The average molecular weight is 293 g/mol. The van der Waals surface area contributed by atoms with Gasteiger partial charge in [-0.05, 0) is 46.4 Å². The quantitative estimate of drug-likeness (QED) is 0.773. The van der Waals surface area contributed by atoms with Crippen molar-refractivity contribution in [3.8, 4) is 0 Å². The molecule has 21 heavy (non-hydrogen) atoms. The normalized spacial score (nSPS) is 34.8. The van der Waals surface area contributed by atoms with Crippen LogP contribution in [0.25, 0.3) is 0 Å². The second-order valence-electron chi connectivity index (χ2n) is 7.37. The predicted octanol–water partition coefficient (Wildman–Crippen LogP) is 1.13. The van der Waals surface area contributed by atoms with Gasteiger partial charge in [0.1, 0.15) is 0 Å². The highest BCUT2D eigenvalue weighted by Crippen LogP contribution is 2.41. The van der Waals surface area contributed by atoms with E-state index in [4.69, 9.17) is 14.0 Å². The Bertz CT molecular complexity index is 436. The van der Waals surface area contributed by atoms with Crippen LogP contribution in [0.4, 0.5) is 0 Å². The van der Waals surface area contributed by atoms with Crippen LogP contribution in [-0.2, 0) is 14.0 Å². The highest BCUT2D eigenvalue weighted by Gasteiger charge is 2.53. The number of hydrogen-bond donors (Lipinski definition) is 1. The molecule has 3 rings (SSSR count). The molecule has 1 N–H and O–H groups in total. The summed E-state index contributed by atoms with van der Waals surface area (Å²) in [6.45, 7) is 11.4. The van der Waals surface area contributed by atoms with Gasteiger partial charge in [0.2, 0.25) is 0 Å². The molecule has 0 aromatic rings.